The largest absolute Gasteiger partial charge is 0.359 e. The van der Waals surface area contributed by atoms with Crippen LogP contribution in [-0.4, -0.2) is 38.8 Å². The molecule has 6 nitrogen and oxygen atoms in total. The third-order valence-electron chi connectivity index (χ3n) is 2.67. The molecule has 19 heavy (non-hydrogen) atoms. The Balaban J connectivity index is 2.30. The summed E-state index contributed by atoms with van der Waals surface area (Å²) in [5, 5.41) is 4.72. The van der Waals surface area contributed by atoms with E-state index in [2.05, 4.69) is 20.1 Å². The van der Waals surface area contributed by atoms with Crippen molar-refractivity contribution in [3.63, 3.8) is 0 Å². The van der Waals surface area contributed by atoms with Gasteiger partial charge in [-0.3, -0.25) is 4.98 Å². The molecule has 0 atom stereocenters. The van der Waals surface area contributed by atoms with Crippen molar-refractivity contribution in [2.75, 3.05) is 19.0 Å². The molecule has 0 bridgehead atoms. The second-order valence-electron chi connectivity index (χ2n) is 4.18. The van der Waals surface area contributed by atoms with Crippen molar-refractivity contribution in [1.82, 2.24) is 24.7 Å². The van der Waals surface area contributed by atoms with Gasteiger partial charge in [0, 0.05) is 32.6 Å². The van der Waals surface area contributed by atoms with Crippen LogP contribution in [0.4, 0.5) is 5.82 Å². The van der Waals surface area contributed by atoms with Gasteiger partial charge in [0.2, 0.25) is 5.28 Å². The zero-order chi connectivity index (χ0) is 13.4. The molecule has 0 aromatic carbocycles. The van der Waals surface area contributed by atoms with Gasteiger partial charge < -0.3 is 4.90 Å². The molecule has 7 heteroatoms. The minimum absolute atomic E-state index is 0.191. The summed E-state index contributed by atoms with van der Waals surface area (Å²) >= 11 is 5.83. The van der Waals surface area contributed by atoms with Gasteiger partial charge in [0.15, 0.2) is 11.6 Å². The molecule has 0 spiro atoms. The molecule has 3 heterocycles. The summed E-state index contributed by atoms with van der Waals surface area (Å²) < 4.78 is 1.71. The van der Waals surface area contributed by atoms with Gasteiger partial charge in [-0.05, 0) is 23.7 Å². The van der Waals surface area contributed by atoms with Gasteiger partial charge >= 0.3 is 0 Å². The van der Waals surface area contributed by atoms with Gasteiger partial charge in [0.25, 0.3) is 0 Å². The predicted octanol–water partition coefficient (Wildman–Crippen LogP) is 1.93. The van der Waals surface area contributed by atoms with Crippen LogP contribution in [0, 0.1) is 0 Å². The molecule has 0 amide bonds. The van der Waals surface area contributed by atoms with Gasteiger partial charge in [0.1, 0.15) is 5.52 Å². The summed E-state index contributed by atoms with van der Waals surface area (Å²) in [6.07, 6.45) is 3.35. The van der Waals surface area contributed by atoms with Crippen LogP contribution in [-0.2, 0) is 0 Å². The molecular formula is C12H11ClN6. The lowest BCUT2D eigenvalue weighted by atomic mass is 10.3. The third kappa shape index (κ3) is 2.00. The lowest BCUT2D eigenvalue weighted by Crippen LogP contribution is -2.10. The van der Waals surface area contributed by atoms with Crippen molar-refractivity contribution in [3.8, 4) is 5.82 Å². The minimum Gasteiger partial charge on any atom is -0.359 e. The van der Waals surface area contributed by atoms with Crippen molar-refractivity contribution >= 4 is 28.5 Å². The molecule has 0 fully saturated rings. The first-order chi connectivity index (χ1) is 9.16. The molecule has 0 saturated heterocycles. The smallest absolute Gasteiger partial charge is 0.224 e. The Morgan fingerprint density at radius 3 is 2.74 bits per heavy atom. The van der Waals surface area contributed by atoms with Crippen molar-refractivity contribution < 1.29 is 0 Å². The Morgan fingerprint density at radius 2 is 2.00 bits per heavy atom. The highest BCUT2D eigenvalue weighted by atomic mass is 35.5. The normalized spacial score (nSPS) is 10.9. The molecule has 0 radical (unpaired) electrons. The topological polar surface area (TPSA) is 59.7 Å². The van der Waals surface area contributed by atoms with Crippen molar-refractivity contribution in [2.24, 2.45) is 0 Å². The first-order valence-corrected chi connectivity index (χ1v) is 6.04. The van der Waals surface area contributed by atoms with Crippen LogP contribution in [0.25, 0.3) is 16.9 Å². The number of fused-ring (bicyclic) bond motifs is 1. The highest BCUT2D eigenvalue weighted by Crippen LogP contribution is 2.24. The summed E-state index contributed by atoms with van der Waals surface area (Å²) in [5.41, 5.74) is 1.70. The molecule has 3 aromatic rings. The molecular weight excluding hydrogens is 264 g/mol. The lowest BCUT2D eigenvalue weighted by molar-refractivity contribution is 0.853. The van der Waals surface area contributed by atoms with Crippen LogP contribution in [0.2, 0.25) is 5.28 Å². The molecule has 3 rings (SSSR count). The van der Waals surface area contributed by atoms with Gasteiger partial charge in [0.05, 0.1) is 5.52 Å². The van der Waals surface area contributed by atoms with Crippen LogP contribution in [0.15, 0.2) is 30.6 Å². The van der Waals surface area contributed by atoms with E-state index in [-0.39, 0.29) is 5.28 Å². The van der Waals surface area contributed by atoms with Crippen LogP contribution in [0.5, 0.6) is 0 Å². The van der Waals surface area contributed by atoms with Gasteiger partial charge in [-0.15, -0.1) is 5.10 Å². The fourth-order valence-corrected chi connectivity index (χ4v) is 2.00. The number of rotatable bonds is 2. The third-order valence-corrected chi connectivity index (χ3v) is 2.86. The highest BCUT2D eigenvalue weighted by Gasteiger charge is 2.14. The van der Waals surface area contributed by atoms with Crippen molar-refractivity contribution in [2.45, 2.75) is 0 Å². The van der Waals surface area contributed by atoms with Gasteiger partial charge in [-0.2, -0.15) is 4.98 Å². The predicted molar refractivity (Wildman–Crippen MR) is 73.8 cm³/mol. The number of anilines is 1. The average molecular weight is 275 g/mol. The molecule has 0 aliphatic carbocycles. The molecule has 0 saturated carbocycles. The van der Waals surface area contributed by atoms with Crippen molar-refractivity contribution in [1.29, 1.82) is 0 Å². The first-order valence-electron chi connectivity index (χ1n) is 5.67. The SMILES string of the molecule is CN(C)c1nn(-c2ccnc(Cl)n2)c2cccnc12. The number of halogens is 1. The number of aromatic nitrogens is 5. The zero-order valence-electron chi connectivity index (χ0n) is 10.4. The van der Waals surface area contributed by atoms with E-state index < -0.39 is 0 Å². The second-order valence-corrected chi connectivity index (χ2v) is 4.52. The van der Waals surface area contributed by atoms with E-state index in [1.54, 1.807) is 23.1 Å². The van der Waals surface area contributed by atoms with Crippen LogP contribution in [0.1, 0.15) is 0 Å². The molecule has 96 valence electrons. The monoisotopic (exact) mass is 274 g/mol. The van der Waals surface area contributed by atoms with E-state index in [0.717, 1.165) is 16.9 Å². The Labute approximate surface area is 114 Å². The molecule has 0 aliphatic rings. The van der Waals surface area contributed by atoms with Crippen LogP contribution in [0.3, 0.4) is 0 Å². The maximum Gasteiger partial charge on any atom is 0.224 e. The highest BCUT2D eigenvalue weighted by molar-refractivity contribution is 6.28. The summed E-state index contributed by atoms with van der Waals surface area (Å²) in [5.74, 6) is 1.40. The first kappa shape index (κ1) is 11.9. The standard InChI is InChI=1S/C12H11ClN6/c1-18(2)11-10-8(4-3-6-14-10)19(17-11)9-5-7-15-12(13)16-9/h3-7H,1-2H3. The second kappa shape index (κ2) is 4.47. The Hall–Kier alpha value is -2.21. The number of hydrogen-bond donors (Lipinski definition) is 0. The van der Waals surface area contributed by atoms with E-state index in [9.17, 15) is 0 Å². The van der Waals surface area contributed by atoms with E-state index in [4.69, 9.17) is 11.6 Å². The summed E-state index contributed by atoms with van der Waals surface area (Å²) in [6, 6.07) is 5.56. The fraction of sp³-hybridized carbons (Fsp3) is 0.167. The van der Waals surface area contributed by atoms with E-state index >= 15 is 0 Å². The number of pyridine rings is 1. The quantitative estimate of drug-likeness (QED) is 0.668. The molecule has 0 aliphatic heterocycles. The number of nitrogens with zero attached hydrogens (tertiary/aromatic N) is 6. The fourth-order valence-electron chi connectivity index (χ4n) is 1.86. The molecule has 0 unspecified atom stereocenters. The Bertz CT molecular complexity index is 736. The Morgan fingerprint density at radius 1 is 1.16 bits per heavy atom. The maximum atomic E-state index is 5.83. The summed E-state index contributed by atoms with van der Waals surface area (Å²) in [6.45, 7) is 0. The van der Waals surface area contributed by atoms with Crippen LogP contribution >= 0.6 is 11.6 Å². The zero-order valence-corrected chi connectivity index (χ0v) is 11.2. The van der Waals surface area contributed by atoms with E-state index in [0.29, 0.717) is 5.82 Å². The molecule has 0 N–H and O–H groups in total. The lowest BCUT2D eigenvalue weighted by Gasteiger charge is -2.07. The summed E-state index contributed by atoms with van der Waals surface area (Å²) in [4.78, 5) is 14.3. The van der Waals surface area contributed by atoms with Gasteiger partial charge in [-0.1, -0.05) is 0 Å². The van der Waals surface area contributed by atoms with Gasteiger partial charge in [-0.25, -0.2) is 9.67 Å². The van der Waals surface area contributed by atoms with E-state index in [1.165, 1.54) is 0 Å². The van der Waals surface area contributed by atoms with Crippen LogP contribution < -0.4 is 4.90 Å². The van der Waals surface area contributed by atoms with E-state index in [1.807, 2.05) is 31.1 Å². The number of hydrogen-bond acceptors (Lipinski definition) is 5. The maximum absolute atomic E-state index is 5.83. The summed E-state index contributed by atoms with van der Waals surface area (Å²) in [7, 11) is 3.85. The van der Waals surface area contributed by atoms with Crippen molar-refractivity contribution in [3.05, 3.63) is 35.9 Å². The Kier molecular flexibility index (Phi) is 2.79. The molecule has 3 aromatic heterocycles. The minimum atomic E-state index is 0.191. The average Bonchev–Trinajstić information content (AvgIpc) is 2.78.